The number of aryl methyl sites for hydroxylation is 1. The van der Waals surface area contributed by atoms with E-state index < -0.39 is 9.28 Å². The van der Waals surface area contributed by atoms with Gasteiger partial charge in [-0.1, -0.05) is 37.6 Å². The molecular formula is C13H22O2Si. The average Bonchev–Trinajstić information content (AvgIpc) is 2.35. The zero-order valence-corrected chi connectivity index (χ0v) is 11.7. The Hall–Kier alpha value is -0.643. The lowest BCUT2D eigenvalue weighted by Crippen LogP contribution is -2.22. The molecule has 1 rings (SSSR count). The van der Waals surface area contributed by atoms with Crippen LogP contribution in [0.5, 0.6) is 0 Å². The van der Waals surface area contributed by atoms with Crippen molar-refractivity contribution < 1.29 is 8.85 Å². The molecule has 0 spiro atoms. The van der Waals surface area contributed by atoms with E-state index in [9.17, 15) is 0 Å². The lowest BCUT2D eigenvalue weighted by molar-refractivity contribution is 0.277. The van der Waals surface area contributed by atoms with Gasteiger partial charge in [0.2, 0.25) is 0 Å². The van der Waals surface area contributed by atoms with Gasteiger partial charge >= 0.3 is 9.28 Å². The summed E-state index contributed by atoms with van der Waals surface area (Å²) in [5.41, 5.74) is 2.75. The van der Waals surface area contributed by atoms with Gasteiger partial charge in [-0.05, 0) is 24.0 Å². The highest BCUT2D eigenvalue weighted by molar-refractivity contribution is 6.43. The van der Waals surface area contributed by atoms with E-state index in [1.54, 1.807) is 14.2 Å². The van der Waals surface area contributed by atoms with Crippen LogP contribution < -0.4 is 0 Å². The first kappa shape index (κ1) is 13.4. The summed E-state index contributed by atoms with van der Waals surface area (Å²) in [5, 5.41) is 0. The summed E-state index contributed by atoms with van der Waals surface area (Å²) in [6, 6.07) is 9.79. The van der Waals surface area contributed by atoms with E-state index in [1.165, 1.54) is 30.4 Å². The summed E-state index contributed by atoms with van der Waals surface area (Å²) in [5.74, 6) is 0. The van der Waals surface area contributed by atoms with Crippen LogP contribution in [0.1, 0.15) is 30.9 Å². The zero-order chi connectivity index (χ0) is 11.8. The summed E-state index contributed by atoms with van der Waals surface area (Å²) in [6.07, 6.45) is 3.71. The molecule has 2 nitrogen and oxygen atoms in total. The molecule has 0 fully saturated rings. The highest BCUT2D eigenvalue weighted by atomic mass is 28.3. The molecule has 0 aliphatic carbocycles. The molecule has 0 aliphatic rings. The monoisotopic (exact) mass is 238 g/mol. The molecule has 0 aromatic heterocycles. The first-order valence-corrected chi connectivity index (χ1v) is 7.69. The second kappa shape index (κ2) is 7.60. The van der Waals surface area contributed by atoms with Crippen molar-refractivity contribution in [2.75, 3.05) is 14.2 Å². The van der Waals surface area contributed by atoms with Crippen LogP contribution in [0.15, 0.2) is 24.3 Å². The van der Waals surface area contributed by atoms with Crippen molar-refractivity contribution in [1.82, 2.24) is 0 Å². The minimum atomic E-state index is -1.46. The highest BCUT2D eigenvalue weighted by Gasteiger charge is 2.10. The third kappa shape index (κ3) is 4.47. The van der Waals surface area contributed by atoms with Crippen molar-refractivity contribution in [2.45, 2.75) is 32.2 Å². The SMILES string of the molecule is CCCCc1ccc(C[SiH](OC)OC)cc1. The van der Waals surface area contributed by atoms with Crippen LogP contribution in [0.3, 0.4) is 0 Å². The van der Waals surface area contributed by atoms with Crippen molar-refractivity contribution >= 4 is 9.28 Å². The minimum Gasteiger partial charge on any atom is -0.400 e. The molecule has 0 atom stereocenters. The lowest BCUT2D eigenvalue weighted by Gasteiger charge is -2.11. The van der Waals surface area contributed by atoms with Gasteiger partial charge in [0, 0.05) is 20.3 Å². The highest BCUT2D eigenvalue weighted by Crippen LogP contribution is 2.09. The third-order valence-corrected chi connectivity index (χ3v) is 4.63. The van der Waals surface area contributed by atoms with Crippen LogP contribution in [0.25, 0.3) is 0 Å². The normalized spacial score (nSPS) is 11.0. The fourth-order valence-electron chi connectivity index (χ4n) is 1.68. The Kier molecular flexibility index (Phi) is 6.38. The van der Waals surface area contributed by atoms with Crippen LogP contribution in [0.2, 0.25) is 0 Å². The standard InChI is InChI=1S/C13H22O2Si/c1-4-5-6-12-7-9-13(10-8-12)11-16(14-2)15-3/h7-10,16H,4-6,11H2,1-3H3. The molecule has 0 saturated heterocycles. The van der Waals surface area contributed by atoms with Gasteiger partial charge < -0.3 is 8.85 Å². The summed E-state index contributed by atoms with van der Waals surface area (Å²) in [4.78, 5) is 0. The Bertz CT molecular complexity index is 280. The van der Waals surface area contributed by atoms with Crippen molar-refractivity contribution in [3.05, 3.63) is 35.4 Å². The third-order valence-electron chi connectivity index (χ3n) is 2.77. The quantitative estimate of drug-likeness (QED) is 0.680. The Balaban J connectivity index is 2.50. The molecule has 0 radical (unpaired) electrons. The first-order valence-electron chi connectivity index (χ1n) is 5.93. The molecule has 0 bridgehead atoms. The number of hydrogen-bond acceptors (Lipinski definition) is 2. The molecule has 16 heavy (non-hydrogen) atoms. The molecule has 0 amide bonds. The van der Waals surface area contributed by atoms with E-state index in [1.807, 2.05) is 0 Å². The predicted molar refractivity (Wildman–Crippen MR) is 69.9 cm³/mol. The van der Waals surface area contributed by atoms with Gasteiger partial charge in [0.1, 0.15) is 0 Å². The van der Waals surface area contributed by atoms with Gasteiger partial charge in [0.15, 0.2) is 0 Å². The Morgan fingerprint density at radius 3 is 2.06 bits per heavy atom. The van der Waals surface area contributed by atoms with Crippen LogP contribution in [-0.4, -0.2) is 23.5 Å². The van der Waals surface area contributed by atoms with Crippen molar-refractivity contribution in [3.63, 3.8) is 0 Å². The zero-order valence-electron chi connectivity index (χ0n) is 10.5. The summed E-state index contributed by atoms with van der Waals surface area (Å²) >= 11 is 0. The van der Waals surface area contributed by atoms with E-state index in [0.29, 0.717) is 0 Å². The largest absolute Gasteiger partial charge is 0.400 e. The van der Waals surface area contributed by atoms with Gasteiger partial charge in [-0.2, -0.15) is 0 Å². The predicted octanol–water partition coefficient (Wildman–Crippen LogP) is 2.62. The molecule has 0 saturated carbocycles. The minimum absolute atomic E-state index is 0.945. The van der Waals surface area contributed by atoms with Gasteiger partial charge in [0.05, 0.1) is 0 Å². The van der Waals surface area contributed by atoms with Crippen LogP contribution in [0.4, 0.5) is 0 Å². The topological polar surface area (TPSA) is 18.5 Å². The van der Waals surface area contributed by atoms with E-state index in [4.69, 9.17) is 8.85 Å². The second-order valence-electron chi connectivity index (χ2n) is 4.03. The van der Waals surface area contributed by atoms with Crippen molar-refractivity contribution in [2.24, 2.45) is 0 Å². The maximum Gasteiger partial charge on any atom is 0.325 e. The Morgan fingerprint density at radius 1 is 1.00 bits per heavy atom. The number of unbranched alkanes of at least 4 members (excludes halogenated alkanes) is 1. The van der Waals surface area contributed by atoms with Gasteiger partial charge in [-0.15, -0.1) is 0 Å². The smallest absolute Gasteiger partial charge is 0.325 e. The second-order valence-corrected chi connectivity index (χ2v) is 6.24. The Labute approximate surface area is 100 Å². The fraction of sp³-hybridized carbons (Fsp3) is 0.538. The van der Waals surface area contributed by atoms with Gasteiger partial charge in [-0.25, -0.2) is 0 Å². The Morgan fingerprint density at radius 2 is 1.56 bits per heavy atom. The molecule has 1 aromatic carbocycles. The van der Waals surface area contributed by atoms with Crippen LogP contribution >= 0.6 is 0 Å². The average molecular weight is 238 g/mol. The number of benzene rings is 1. The number of hydrogen-bond donors (Lipinski definition) is 0. The number of rotatable bonds is 7. The molecule has 0 N–H and O–H groups in total. The molecule has 0 aliphatic heterocycles. The summed E-state index contributed by atoms with van der Waals surface area (Å²) < 4.78 is 10.6. The van der Waals surface area contributed by atoms with E-state index in [-0.39, 0.29) is 0 Å². The molecule has 1 aromatic rings. The van der Waals surface area contributed by atoms with Crippen molar-refractivity contribution in [3.8, 4) is 0 Å². The maximum atomic E-state index is 5.32. The maximum absolute atomic E-state index is 5.32. The molecule has 0 unspecified atom stereocenters. The van der Waals surface area contributed by atoms with Crippen LogP contribution in [0, 0.1) is 0 Å². The molecule has 90 valence electrons. The van der Waals surface area contributed by atoms with E-state index in [2.05, 4.69) is 31.2 Å². The van der Waals surface area contributed by atoms with Gasteiger partial charge in [0.25, 0.3) is 0 Å². The molecule has 3 heteroatoms. The van der Waals surface area contributed by atoms with E-state index >= 15 is 0 Å². The molecular weight excluding hydrogens is 216 g/mol. The fourth-order valence-corrected chi connectivity index (χ4v) is 2.86. The molecule has 0 heterocycles. The van der Waals surface area contributed by atoms with Crippen molar-refractivity contribution in [1.29, 1.82) is 0 Å². The van der Waals surface area contributed by atoms with Gasteiger partial charge in [-0.3, -0.25) is 0 Å². The van der Waals surface area contributed by atoms with E-state index in [0.717, 1.165) is 6.04 Å². The van der Waals surface area contributed by atoms with Crippen LogP contribution in [-0.2, 0) is 21.3 Å². The lowest BCUT2D eigenvalue weighted by atomic mass is 10.1. The summed E-state index contributed by atoms with van der Waals surface area (Å²) in [6.45, 7) is 2.22. The summed E-state index contributed by atoms with van der Waals surface area (Å²) in [7, 11) is 2.01. The first-order chi connectivity index (χ1) is 7.80.